The minimum atomic E-state index is -0.462. The number of carbonyl (C=O) groups is 1. The van der Waals surface area contributed by atoms with E-state index in [2.05, 4.69) is 5.32 Å². The third-order valence-electron chi connectivity index (χ3n) is 5.94. The Labute approximate surface area is 210 Å². The highest BCUT2D eigenvalue weighted by Crippen LogP contribution is 2.31. The normalized spacial score (nSPS) is 10.6. The zero-order valence-electron chi connectivity index (χ0n) is 20.2. The van der Waals surface area contributed by atoms with E-state index in [1.807, 2.05) is 104 Å². The van der Waals surface area contributed by atoms with Gasteiger partial charge in [-0.05, 0) is 41.0 Å². The van der Waals surface area contributed by atoms with Gasteiger partial charge in [-0.1, -0.05) is 72.8 Å². The molecule has 4 aromatic rings. The molecule has 0 saturated carbocycles. The van der Waals surface area contributed by atoms with Crippen molar-refractivity contribution in [3.8, 4) is 0 Å². The van der Waals surface area contributed by atoms with Crippen molar-refractivity contribution < 1.29 is 9.72 Å². The predicted octanol–water partition coefficient (Wildman–Crippen LogP) is 6.48. The van der Waals surface area contributed by atoms with E-state index in [9.17, 15) is 14.9 Å². The Balaban J connectivity index is 1.72. The first-order valence-corrected chi connectivity index (χ1v) is 11.6. The van der Waals surface area contributed by atoms with Crippen molar-refractivity contribution in [3.63, 3.8) is 0 Å². The van der Waals surface area contributed by atoms with Crippen molar-refractivity contribution in [1.29, 1.82) is 0 Å². The maximum atomic E-state index is 13.8. The fourth-order valence-electron chi connectivity index (χ4n) is 4.06. The Morgan fingerprint density at radius 1 is 0.806 bits per heavy atom. The van der Waals surface area contributed by atoms with Gasteiger partial charge in [-0.25, -0.2) is 4.79 Å². The highest BCUT2D eigenvalue weighted by atomic mass is 16.6. The van der Waals surface area contributed by atoms with Gasteiger partial charge in [0, 0.05) is 44.1 Å². The van der Waals surface area contributed by atoms with Gasteiger partial charge in [-0.3, -0.25) is 10.1 Å². The van der Waals surface area contributed by atoms with E-state index in [0.717, 1.165) is 22.4 Å². The average molecular weight is 481 g/mol. The Bertz CT molecular complexity index is 1250. The molecule has 0 unspecified atom stereocenters. The number of anilines is 2. The van der Waals surface area contributed by atoms with Gasteiger partial charge < -0.3 is 15.1 Å². The highest BCUT2D eigenvalue weighted by molar-refractivity contribution is 5.90. The Morgan fingerprint density at radius 3 is 1.81 bits per heavy atom. The first kappa shape index (κ1) is 24.5. The second kappa shape index (κ2) is 11.2. The zero-order chi connectivity index (χ0) is 25.5. The molecule has 0 heterocycles. The molecule has 182 valence electrons. The van der Waals surface area contributed by atoms with Crippen molar-refractivity contribution >= 4 is 23.1 Å². The molecule has 7 heteroatoms. The summed E-state index contributed by atoms with van der Waals surface area (Å²) in [5, 5.41) is 14.0. The van der Waals surface area contributed by atoms with E-state index in [4.69, 9.17) is 0 Å². The number of nitro groups is 1. The van der Waals surface area contributed by atoms with Crippen LogP contribution in [0, 0.1) is 10.1 Å². The molecule has 0 spiro atoms. The van der Waals surface area contributed by atoms with Crippen LogP contribution in [0.2, 0.25) is 0 Å². The topological polar surface area (TPSA) is 78.7 Å². The van der Waals surface area contributed by atoms with Crippen LogP contribution in [0.3, 0.4) is 0 Å². The van der Waals surface area contributed by atoms with E-state index < -0.39 is 4.92 Å². The summed E-state index contributed by atoms with van der Waals surface area (Å²) in [7, 11) is 3.97. The molecule has 0 aliphatic heterocycles. The summed E-state index contributed by atoms with van der Waals surface area (Å²) in [6.07, 6.45) is 0. The van der Waals surface area contributed by atoms with Crippen LogP contribution in [0.4, 0.5) is 21.9 Å². The highest BCUT2D eigenvalue weighted by Gasteiger charge is 2.27. The van der Waals surface area contributed by atoms with Crippen molar-refractivity contribution in [2.45, 2.75) is 12.6 Å². The third kappa shape index (κ3) is 5.88. The number of benzene rings is 4. The molecule has 0 aromatic heterocycles. The number of rotatable bonds is 8. The SMILES string of the molecule is CN(C)c1ccc(CN(C(=O)Nc2ccc([N+](=O)[O-])cc2)C(c2ccccc2)c2ccccc2)cc1. The quantitative estimate of drug-likeness (QED) is 0.231. The molecule has 0 radical (unpaired) electrons. The van der Waals surface area contributed by atoms with Crippen LogP contribution in [-0.4, -0.2) is 29.9 Å². The van der Waals surface area contributed by atoms with Gasteiger partial charge in [0.2, 0.25) is 0 Å². The molecule has 0 atom stereocenters. The smallest absolute Gasteiger partial charge is 0.322 e. The molecule has 4 rings (SSSR count). The zero-order valence-corrected chi connectivity index (χ0v) is 20.2. The molecule has 0 fully saturated rings. The third-order valence-corrected chi connectivity index (χ3v) is 5.94. The fraction of sp³-hybridized carbons (Fsp3) is 0.138. The van der Waals surface area contributed by atoms with Crippen LogP contribution in [-0.2, 0) is 6.54 Å². The fourth-order valence-corrected chi connectivity index (χ4v) is 4.06. The molecule has 2 amide bonds. The number of hydrogen-bond donors (Lipinski definition) is 1. The summed E-state index contributed by atoms with van der Waals surface area (Å²) in [4.78, 5) is 28.1. The Morgan fingerprint density at radius 2 is 1.33 bits per heavy atom. The number of nitrogens with one attached hydrogen (secondary N) is 1. The van der Waals surface area contributed by atoms with Crippen LogP contribution in [0.15, 0.2) is 109 Å². The number of amides is 2. The van der Waals surface area contributed by atoms with Crippen molar-refractivity contribution in [2.24, 2.45) is 0 Å². The number of hydrogen-bond acceptors (Lipinski definition) is 4. The lowest BCUT2D eigenvalue weighted by Gasteiger charge is -2.33. The standard InChI is InChI=1S/C29H28N4O3/c1-31(2)26-17-13-22(14-18-26)21-32(29(34)30-25-15-19-27(20-16-25)33(35)36)28(23-9-5-3-6-10-23)24-11-7-4-8-12-24/h3-20,28H,21H2,1-2H3,(H,30,34). The summed E-state index contributed by atoms with van der Waals surface area (Å²) in [5.74, 6) is 0. The number of carbonyl (C=O) groups excluding carboxylic acids is 1. The van der Waals surface area contributed by atoms with Gasteiger partial charge in [-0.15, -0.1) is 0 Å². The first-order valence-electron chi connectivity index (χ1n) is 11.6. The minimum absolute atomic E-state index is 0.0303. The van der Waals surface area contributed by atoms with Gasteiger partial charge >= 0.3 is 6.03 Å². The van der Waals surface area contributed by atoms with Crippen LogP contribution < -0.4 is 10.2 Å². The van der Waals surface area contributed by atoms with Gasteiger partial charge in [0.1, 0.15) is 0 Å². The number of nitrogens with zero attached hydrogens (tertiary/aromatic N) is 3. The van der Waals surface area contributed by atoms with E-state index in [-0.39, 0.29) is 17.8 Å². The van der Waals surface area contributed by atoms with E-state index in [1.54, 1.807) is 17.0 Å². The second-order valence-corrected chi connectivity index (χ2v) is 8.65. The predicted molar refractivity (Wildman–Crippen MR) is 143 cm³/mol. The van der Waals surface area contributed by atoms with E-state index in [0.29, 0.717) is 12.2 Å². The molecule has 4 aromatic carbocycles. The molecular formula is C29H28N4O3. The van der Waals surface area contributed by atoms with Crippen molar-refractivity contribution in [1.82, 2.24) is 4.90 Å². The summed E-state index contributed by atoms with van der Waals surface area (Å²) in [5.41, 5.74) is 4.47. The summed E-state index contributed by atoms with van der Waals surface area (Å²) in [6, 6.07) is 33.1. The summed E-state index contributed by atoms with van der Waals surface area (Å²) < 4.78 is 0. The number of nitro benzene ring substituents is 1. The lowest BCUT2D eigenvalue weighted by atomic mass is 9.96. The monoisotopic (exact) mass is 480 g/mol. The molecule has 0 bridgehead atoms. The Kier molecular flexibility index (Phi) is 7.60. The number of non-ortho nitro benzene ring substituents is 1. The van der Waals surface area contributed by atoms with Crippen molar-refractivity contribution in [3.05, 3.63) is 136 Å². The van der Waals surface area contributed by atoms with E-state index in [1.165, 1.54) is 12.1 Å². The molecule has 0 aliphatic carbocycles. The maximum Gasteiger partial charge on any atom is 0.322 e. The average Bonchev–Trinajstić information content (AvgIpc) is 2.90. The molecule has 1 N–H and O–H groups in total. The Hall–Kier alpha value is -4.65. The molecular weight excluding hydrogens is 452 g/mol. The molecule has 7 nitrogen and oxygen atoms in total. The van der Waals surface area contributed by atoms with E-state index >= 15 is 0 Å². The maximum absolute atomic E-state index is 13.8. The van der Waals surface area contributed by atoms with Crippen LogP contribution in [0.5, 0.6) is 0 Å². The van der Waals surface area contributed by atoms with Crippen LogP contribution >= 0.6 is 0 Å². The lowest BCUT2D eigenvalue weighted by Crippen LogP contribution is -2.38. The van der Waals surface area contributed by atoms with Gasteiger partial charge in [0.25, 0.3) is 5.69 Å². The van der Waals surface area contributed by atoms with Gasteiger partial charge in [0.15, 0.2) is 0 Å². The van der Waals surface area contributed by atoms with Gasteiger partial charge in [-0.2, -0.15) is 0 Å². The molecule has 0 saturated heterocycles. The van der Waals surface area contributed by atoms with Gasteiger partial charge in [0.05, 0.1) is 11.0 Å². The second-order valence-electron chi connectivity index (χ2n) is 8.65. The van der Waals surface area contributed by atoms with Crippen LogP contribution in [0.25, 0.3) is 0 Å². The largest absolute Gasteiger partial charge is 0.378 e. The molecule has 0 aliphatic rings. The summed E-state index contributed by atoms with van der Waals surface area (Å²) in [6.45, 7) is 0.362. The lowest BCUT2D eigenvalue weighted by molar-refractivity contribution is -0.384. The van der Waals surface area contributed by atoms with Crippen molar-refractivity contribution in [2.75, 3.05) is 24.3 Å². The minimum Gasteiger partial charge on any atom is -0.378 e. The van der Waals surface area contributed by atoms with Crippen LogP contribution in [0.1, 0.15) is 22.7 Å². The first-order chi connectivity index (χ1) is 17.4. The number of urea groups is 1. The molecule has 36 heavy (non-hydrogen) atoms. The summed E-state index contributed by atoms with van der Waals surface area (Å²) >= 11 is 0.